The van der Waals surface area contributed by atoms with Gasteiger partial charge in [-0.2, -0.15) is 0 Å². The fourth-order valence-corrected chi connectivity index (χ4v) is 1.69. The van der Waals surface area contributed by atoms with E-state index in [0.29, 0.717) is 13.0 Å². The van der Waals surface area contributed by atoms with Gasteiger partial charge in [-0.3, -0.25) is 4.79 Å². The van der Waals surface area contributed by atoms with Gasteiger partial charge in [-0.05, 0) is 18.9 Å². The van der Waals surface area contributed by atoms with Gasteiger partial charge in [0.15, 0.2) is 0 Å². The Hall–Kier alpha value is -2.14. The van der Waals surface area contributed by atoms with Gasteiger partial charge >= 0.3 is 5.97 Å². The number of hydrogen-bond donors (Lipinski definition) is 1. The molecule has 0 radical (unpaired) electrons. The standard InChI is InChI=1S/C16H21NO4/c1-3-21-12-15(18)17-14(16(19)20-2)11-7-10-13-8-5-4-6-9-13/h4-10,14H,3,11-12H2,1-2H3,(H,17,18)/b10-7+/t14-/m1/s1. The minimum absolute atomic E-state index is 0.0631. The number of carbonyl (C=O) groups excluding carboxylic acids is 2. The molecule has 0 aliphatic heterocycles. The van der Waals surface area contributed by atoms with E-state index in [0.717, 1.165) is 5.56 Å². The van der Waals surface area contributed by atoms with Gasteiger partial charge in [0, 0.05) is 6.61 Å². The zero-order chi connectivity index (χ0) is 15.5. The van der Waals surface area contributed by atoms with E-state index in [1.54, 1.807) is 6.92 Å². The van der Waals surface area contributed by atoms with Crippen molar-refractivity contribution < 1.29 is 19.1 Å². The third kappa shape index (κ3) is 6.72. The number of benzene rings is 1. The summed E-state index contributed by atoms with van der Waals surface area (Å²) in [5.41, 5.74) is 1.03. The first-order chi connectivity index (χ1) is 10.2. The van der Waals surface area contributed by atoms with Crippen molar-refractivity contribution in [2.75, 3.05) is 20.3 Å². The van der Waals surface area contributed by atoms with E-state index in [1.807, 2.05) is 42.5 Å². The van der Waals surface area contributed by atoms with Gasteiger partial charge in [-0.25, -0.2) is 4.79 Å². The van der Waals surface area contributed by atoms with Crippen molar-refractivity contribution in [3.05, 3.63) is 42.0 Å². The summed E-state index contributed by atoms with van der Waals surface area (Å²) in [5.74, 6) is -0.807. The fraction of sp³-hybridized carbons (Fsp3) is 0.375. The van der Waals surface area contributed by atoms with E-state index < -0.39 is 12.0 Å². The molecule has 114 valence electrons. The lowest BCUT2D eigenvalue weighted by atomic mass is 10.1. The van der Waals surface area contributed by atoms with Crippen molar-refractivity contribution in [2.24, 2.45) is 0 Å². The highest BCUT2D eigenvalue weighted by Gasteiger charge is 2.19. The molecule has 0 heterocycles. The number of esters is 1. The smallest absolute Gasteiger partial charge is 0.328 e. The Morgan fingerprint density at radius 1 is 1.29 bits per heavy atom. The summed E-state index contributed by atoms with van der Waals surface area (Å²) in [4.78, 5) is 23.2. The Bertz CT molecular complexity index is 470. The average molecular weight is 291 g/mol. The Kier molecular flexibility index (Phi) is 7.82. The van der Waals surface area contributed by atoms with Crippen LogP contribution in [0.15, 0.2) is 36.4 Å². The molecule has 0 bridgehead atoms. The minimum Gasteiger partial charge on any atom is -0.467 e. The van der Waals surface area contributed by atoms with Gasteiger partial charge in [-0.1, -0.05) is 42.5 Å². The first-order valence-corrected chi connectivity index (χ1v) is 6.84. The number of nitrogens with one attached hydrogen (secondary N) is 1. The predicted molar refractivity (Wildman–Crippen MR) is 80.5 cm³/mol. The monoisotopic (exact) mass is 291 g/mol. The molecule has 0 aromatic heterocycles. The van der Waals surface area contributed by atoms with Crippen LogP contribution in [0.4, 0.5) is 0 Å². The van der Waals surface area contributed by atoms with Gasteiger partial charge < -0.3 is 14.8 Å². The van der Waals surface area contributed by atoms with Gasteiger partial charge in [0.2, 0.25) is 5.91 Å². The molecular weight excluding hydrogens is 270 g/mol. The molecule has 1 aromatic rings. The van der Waals surface area contributed by atoms with Crippen LogP contribution in [-0.2, 0) is 19.1 Å². The van der Waals surface area contributed by atoms with Crippen molar-refractivity contribution in [1.29, 1.82) is 0 Å². The number of carbonyl (C=O) groups is 2. The van der Waals surface area contributed by atoms with Gasteiger partial charge in [0.05, 0.1) is 7.11 Å². The topological polar surface area (TPSA) is 64.6 Å². The van der Waals surface area contributed by atoms with Crippen LogP contribution in [0, 0.1) is 0 Å². The van der Waals surface area contributed by atoms with Crippen molar-refractivity contribution in [3.63, 3.8) is 0 Å². The lowest BCUT2D eigenvalue weighted by Crippen LogP contribution is -2.42. The first kappa shape index (κ1) is 16.9. The molecule has 1 atom stereocenters. The Morgan fingerprint density at radius 3 is 2.62 bits per heavy atom. The molecule has 0 saturated heterocycles. The van der Waals surface area contributed by atoms with Crippen molar-refractivity contribution in [3.8, 4) is 0 Å². The zero-order valence-corrected chi connectivity index (χ0v) is 12.4. The number of methoxy groups -OCH3 is 1. The van der Waals surface area contributed by atoms with Gasteiger partial charge in [0.25, 0.3) is 0 Å². The second-order valence-electron chi connectivity index (χ2n) is 4.33. The van der Waals surface area contributed by atoms with Crippen molar-refractivity contribution in [1.82, 2.24) is 5.32 Å². The molecule has 1 rings (SSSR count). The Balaban J connectivity index is 2.56. The Morgan fingerprint density at radius 2 is 2.00 bits per heavy atom. The van der Waals surface area contributed by atoms with Crippen LogP contribution in [0.3, 0.4) is 0 Å². The summed E-state index contributed by atoms with van der Waals surface area (Å²) in [7, 11) is 1.30. The molecule has 21 heavy (non-hydrogen) atoms. The second-order valence-corrected chi connectivity index (χ2v) is 4.33. The highest BCUT2D eigenvalue weighted by molar-refractivity contribution is 5.85. The lowest BCUT2D eigenvalue weighted by molar-refractivity contribution is -0.145. The molecule has 0 spiro atoms. The van der Waals surface area contributed by atoms with E-state index in [-0.39, 0.29) is 12.5 Å². The maximum Gasteiger partial charge on any atom is 0.328 e. The molecule has 5 heteroatoms. The van der Waals surface area contributed by atoms with Crippen LogP contribution in [0.25, 0.3) is 6.08 Å². The van der Waals surface area contributed by atoms with Gasteiger partial charge in [0.1, 0.15) is 12.6 Å². The molecule has 0 fully saturated rings. The summed E-state index contributed by atoms with van der Waals surface area (Å²) >= 11 is 0. The highest BCUT2D eigenvalue weighted by atomic mass is 16.5. The third-order valence-electron chi connectivity index (χ3n) is 2.74. The van der Waals surface area contributed by atoms with Gasteiger partial charge in [-0.15, -0.1) is 0 Å². The quantitative estimate of drug-likeness (QED) is 0.742. The minimum atomic E-state index is -0.706. The van der Waals surface area contributed by atoms with Crippen molar-refractivity contribution >= 4 is 18.0 Å². The molecule has 0 unspecified atom stereocenters. The van der Waals surface area contributed by atoms with Crippen LogP contribution < -0.4 is 5.32 Å². The van der Waals surface area contributed by atoms with Crippen LogP contribution in [0.1, 0.15) is 18.9 Å². The second kappa shape index (κ2) is 9.72. The summed E-state index contributed by atoms with van der Waals surface area (Å²) in [5, 5.41) is 2.60. The lowest BCUT2D eigenvalue weighted by Gasteiger charge is -2.14. The van der Waals surface area contributed by atoms with E-state index in [9.17, 15) is 9.59 Å². The maximum atomic E-state index is 11.7. The van der Waals surface area contributed by atoms with E-state index in [4.69, 9.17) is 9.47 Å². The number of ether oxygens (including phenoxy) is 2. The molecule has 1 amide bonds. The summed E-state index contributed by atoms with van der Waals surface area (Å²) in [6, 6.07) is 9.00. The summed E-state index contributed by atoms with van der Waals surface area (Å²) in [6.45, 7) is 2.18. The number of amides is 1. The molecule has 1 aromatic carbocycles. The average Bonchev–Trinajstić information content (AvgIpc) is 2.52. The predicted octanol–water partition coefficient (Wildman–Crippen LogP) is 1.78. The number of rotatable bonds is 8. The summed E-state index contributed by atoms with van der Waals surface area (Å²) in [6.07, 6.45) is 4.09. The van der Waals surface area contributed by atoms with E-state index >= 15 is 0 Å². The van der Waals surface area contributed by atoms with Crippen LogP contribution >= 0.6 is 0 Å². The maximum absolute atomic E-state index is 11.7. The first-order valence-electron chi connectivity index (χ1n) is 6.84. The summed E-state index contributed by atoms with van der Waals surface area (Å²) < 4.78 is 9.69. The van der Waals surface area contributed by atoms with Crippen molar-refractivity contribution in [2.45, 2.75) is 19.4 Å². The Labute approximate surface area is 124 Å². The fourth-order valence-electron chi connectivity index (χ4n) is 1.69. The molecule has 0 saturated carbocycles. The SMILES string of the molecule is CCOCC(=O)N[C@H](C/C=C/c1ccccc1)C(=O)OC. The number of hydrogen-bond acceptors (Lipinski definition) is 4. The molecule has 0 aliphatic carbocycles. The molecular formula is C16H21NO4. The van der Waals surface area contributed by atoms with Crippen LogP contribution in [-0.4, -0.2) is 38.2 Å². The molecule has 5 nitrogen and oxygen atoms in total. The molecule has 1 N–H and O–H groups in total. The normalized spacial score (nSPS) is 12.1. The van der Waals surface area contributed by atoms with E-state index in [2.05, 4.69) is 5.32 Å². The largest absolute Gasteiger partial charge is 0.467 e. The van der Waals surface area contributed by atoms with Crippen LogP contribution in [0.2, 0.25) is 0 Å². The third-order valence-corrected chi connectivity index (χ3v) is 2.74. The van der Waals surface area contributed by atoms with Crippen LogP contribution in [0.5, 0.6) is 0 Å². The zero-order valence-electron chi connectivity index (χ0n) is 12.4. The highest BCUT2D eigenvalue weighted by Crippen LogP contribution is 2.04. The van der Waals surface area contributed by atoms with E-state index in [1.165, 1.54) is 7.11 Å². The molecule has 0 aliphatic rings.